The zero-order valence-corrected chi connectivity index (χ0v) is 17.0. The summed E-state index contributed by atoms with van der Waals surface area (Å²) in [4.78, 5) is 12.9. The Hall–Kier alpha value is -2.18. The van der Waals surface area contributed by atoms with Gasteiger partial charge in [-0.3, -0.25) is 4.79 Å². The minimum absolute atomic E-state index is 0.103. The van der Waals surface area contributed by atoms with Crippen LogP contribution < -0.4 is 10.6 Å². The highest BCUT2D eigenvalue weighted by atomic mass is 35.5. The molecule has 1 saturated carbocycles. The van der Waals surface area contributed by atoms with Crippen molar-refractivity contribution in [3.05, 3.63) is 52.4 Å². The highest BCUT2D eigenvalue weighted by molar-refractivity contribution is 6.31. The molecule has 2 aromatic rings. The summed E-state index contributed by atoms with van der Waals surface area (Å²) in [5.74, 6) is 1.57. The molecule has 1 aliphatic rings. The molecule has 0 aliphatic heterocycles. The van der Waals surface area contributed by atoms with Crippen LogP contribution in [0.2, 0.25) is 5.02 Å². The normalized spacial score (nSPS) is 13.5. The van der Waals surface area contributed by atoms with Crippen molar-refractivity contribution in [2.75, 3.05) is 11.9 Å². The third-order valence-corrected chi connectivity index (χ3v) is 5.10. The summed E-state index contributed by atoms with van der Waals surface area (Å²) in [6.07, 6.45) is 6.01. The average molecular weight is 408 g/mol. The minimum atomic E-state index is -0.420. The van der Waals surface area contributed by atoms with Crippen LogP contribution in [0.3, 0.4) is 0 Å². The van der Waals surface area contributed by atoms with Gasteiger partial charge in [0.15, 0.2) is 0 Å². The molecule has 5 nitrogen and oxygen atoms in total. The van der Waals surface area contributed by atoms with Crippen LogP contribution in [-0.4, -0.2) is 23.1 Å². The smallest absolute Gasteiger partial charge is 0.290 e. The molecule has 0 unspecified atom stereocenters. The van der Waals surface area contributed by atoms with E-state index in [1.54, 1.807) is 12.1 Å². The fraction of sp³-hybridized carbons (Fsp3) is 0.429. The number of carboxylic acid groups (broad SMARTS) is 1. The van der Waals surface area contributed by atoms with Crippen molar-refractivity contribution < 1.29 is 14.3 Å². The van der Waals surface area contributed by atoms with Gasteiger partial charge in [-0.25, -0.2) is 9.37 Å². The van der Waals surface area contributed by atoms with E-state index in [4.69, 9.17) is 21.5 Å². The van der Waals surface area contributed by atoms with E-state index < -0.39 is 5.82 Å². The molecule has 1 heterocycles. The van der Waals surface area contributed by atoms with Crippen molar-refractivity contribution in [3.8, 4) is 0 Å². The average Bonchev–Trinajstić information content (AvgIpc) is 2.61. The second kappa shape index (κ2) is 11.0. The van der Waals surface area contributed by atoms with E-state index in [1.807, 2.05) is 6.20 Å². The Kier molecular flexibility index (Phi) is 8.67. The van der Waals surface area contributed by atoms with Gasteiger partial charge in [0.2, 0.25) is 0 Å². The SMILES string of the molecule is CC(C)c1cc(Nc2ccc(F)c(Cl)c2)ncc1CNCC1CCC1.O=CO. The molecule has 152 valence electrons. The summed E-state index contributed by atoms with van der Waals surface area (Å²) in [6.45, 7) is 6.05. The van der Waals surface area contributed by atoms with Gasteiger partial charge in [-0.05, 0) is 66.6 Å². The number of carbonyl (C=O) groups is 1. The standard InChI is InChI=1S/C20H25ClFN3.CH2O2/c1-13(2)17-9-20(25-16-6-7-19(22)18(21)8-16)24-12-15(17)11-23-10-14-4-3-5-14;2-1-3/h6-9,12-14,23H,3-5,10-11H2,1-2H3,(H,24,25);1H,(H,2,3). The first-order valence-electron chi connectivity index (χ1n) is 9.44. The number of nitrogens with one attached hydrogen (secondary N) is 2. The van der Waals surface area contributed by atoms with Crippen LogP contribution in [-0.2, 0) is 11.3 Å². The zero-order valence-electron chi connectivity index (χ0n) is 16.2. The fourth-order valence-electron chi connectivity index (χ4n) is 3.08. The topological polar surface area (TPSA) is 74.2 Å². The molecule has 0 amide bonds. The molecule has 0 atom stereocenters. The molecule has 0 saturated heterocycles. The Labute approximate surface area is 170 Å². The molecule has 28 heavy (non-hydrogen) atoms. The third kappa shape index (κ3) is 6.46. The molecule has 0 bridgehead atoms. The Morgan fingerprint density at radius 3 is 2.64 bits per heavy atom. The molecular formula is C21H27ClFN3O2. The number of hydrogen-bond donors (Lipinski definition) is 3. The molecular weight excluding hydrogens is 381 g/mol. The summed E-state index contributed by atoms with van der Waals surface area (Å²) >= 11 is 5.84. The lowest BCUT2D eigenvalue weighted by atomic mass is 9.85. The number of rotatable bonds is 7. The van der Waals surface area contributed by atoms with Gasteiger partial charge in [-0.1, -0.05) is 31.9 Å². The monoisotopic (exact) mass is 407 g/mol. The van der Waals surface area contributed by atoms with E-state index in [9.17, 15) is 4.39 Å². The van der Waals surface area contributed by atoms with Gasteiger partial charge in [0, 0.05) is 18.4 Å². The van der Waals surface area contributed by atoms with E-state index in [2.05, 4.69) is 35.5 Å². The molecule has 0 radical (unpaired) electrons. The molecule has 1 aliphatic carbocycles. The predicted molar refractivity (Wildman–Crippen MR) is 111 cm³/mol. The number of hydrogen-bond acceptors (Lipinski definition) is 4. The highest BCUT2D eigenvalue weighted by Crippen LogP contribution is 2.27. The lowest BCUT2D eigenvalue weighted by Gasteiger charge is -2.25. The quantitative estimate of drug-likeness (QED) is 0.541. The fourth-order valence-corrected chi connectivity index (χ4v) is 3.26. The maximum absolute atomic E-state index is 13.3. The zero-order chi connectivity index (χ0) is 20.5. The van der Waals surface area contributed by atoms with Gasteiger partial charge in [-0.15, -0.1) is 0 Å². The van der Waals surface area contributed by atoms with Crippen LogP contribution in [0.25, 0.3) is 0 Å². The van der Waals surface area contributed by atoms with Crippen molar-refractivity contribution in [1.29, 1.82) is 0 Å². The van der Waals surface area contributed by atoms with Gasteiger partial charge < -0.3 is 15.7 Å². The summed E-state index contributed by atoms with van der Waals surface area (Å²) in [7, 11) is 0. The first-order valence-corrected chi connectivity index (χ1v) is 9.81. The molecule has 1 aromatic carbocycles. The number of aromatic nitrogens is 1. The Morgan fingerprint density at radius 1 is 1.36 bits per heavy atom. The molecule has 7 heteroatoms. The number of pyridine rings is 1. The van der Waals surface area contributed by atoms with Gasteiger partial charge in [-0.2, -0.15) is 0 Å². The first kappa shape index (κ1) is 22.1. The Balaban J connectivity index is 0.000000878. The number of halogens is 2. The van der Waals surface area contributed by atoms with Crippen LogP contribution in [0.4, 0.5) is 15.9 Å². The van der Waals surface area contributed by atoms with E-state index in [1.165, 1.54) is 36.5 Å². The van der Waals surface area contributed by atoms with Crippen LogP contribution in [0.15, 0.2) is 30.5 Å². The summed E-state index contributed by atoms with van der Waals surface area (Å²) in [5.41, 5.74) is 3.23. The van der Waals surface area contributed by atoms with Gasteiger partial charge in [0.1, 0.15) is 11.6 Å². The lowest BCUT2D eigenvalue weighted by molar-refractivity contribution is -0.122. The predicted octanol–water partition coefficient (Wildman–Crippen LogP) is 5.33. The third-order valence-electron chi connectivity index (χ3n) is 4.81. The van der Waals surface area contributed by atoms with Gasteiger partial charge in [0.05, 0.1) is 5.02 Å². The maximum atomic E-state index is 13.3. The molecule has 3 rings (SSSR count). The van der Waals surface area contributed by atoms with Crippen molar-refractivity contribution in [2.24, 2.45) is 5.92 Å². The van der Waals surface area contributed by atoms with Crippen molar-refractivity contribution >= 4 is 29.6 Å². The number of anilines is 2. The van der Waals surface area contributed by atoms with Crippen LogP contribution in [0.5, 0.6) is 0 Å². The largest absolute Gasteiger partial charge is 0.483 e. The molecule has 0 spiro atoms. The maximum Gasteiger partial charge on any atom is 0.290 e. The van der Waals surface area contributed by atoms with Crippen LogP contribution >= 0.6 is 11.6 Å². The van der Waals surface area contributed by atoms with Crippen molar-refractivity contribution in [3.63, 3.8) is 0 Å². The van der Waals surface area contributed by atoms with E-state index in [0.29, 0.717) is 5.92 Å². The molecule has 1 fully saturated rings. The Bertz CT molecular complexity index is 782. The van der Waals surface area contributed by atoms with E-state index in [0.717, 1.165) is 30.5 Å². The second-order valence-corrected chi connectivity index (χ2v) is 7.62. The van der Waals surface area contributed by atoms with Crippen molar-refractivity contribution in [1.82, 2.24) is 10.3 Å². The second-order valence-electron chi connectivity index (χ2n) is 7.21. The summed E-state index contributed by atoms with van der Waals surface area (Å²) in [6, 6.07) is 6.66. The highest BCUT2D eigenvalue weighted by Gasteiger charge is 2.17. The van der Waals surface area contributed by atoms with Gasteiger partial charge >= 0.3 is 0 Å². The van der Waals surface area contributed by atoms with Gasteiger partial charge in [0.25, 0.3) is 6.47 Å². The number of benzene rings is 1. The summed E-state index contributed by atoms with van der Waals surface area (Å²) in [5, 5.41) is 13.8. The lowest BCUT2D eigenvalue weighted by Crippen LogP contribution is -2.27. The van der Waals surface area contributed by atoms with E-state index >= 15 is 0 Å². The van der Waals surface area contributed by atoms with Crippen LogP contribution in [0.1, 0.15) is 50.2 Å². The minimum Gasteiger partial charge on any atom is -0.483 e. The molecule has 3 N–H and O–H groups in total. The summed E-state index contributed by atoms with van der Waals surface area (Å²) < 4.78 is 13.3. The van der Waals surface area contributed by atoms with E-state index in [-0.39, 0.29) is 11.5 Å². The van der Waals surface area contributed by atoms with Crippen LogP contribution in [0, 0.1) is 11.7 Å². The number of nitrogens with zero attached hydrogens (tertiary/aromatic N) is 1. The van der Waals surface area contributed by atoms with Crippen molar-refractivity contribution in [2.45, 2.75) is 45.6 Å². The Morgan fingerprint density at radius 2 is 2.07 bits per heavy atom. The first-order chi connectivity index (χ1) is 13.4. The molecule has 1 aromatic heterocycles.